The highest BCUT2D eigenvalue weighted by Gasteiger charge is 2.13. The zero-order chi connectivity index (χ0) is 15.8. The summed E-state index contributed by atoms with van der Waals surface area (Å²) in [5.41, 5.74) is 11.2. The SMILES string of the molecule is Nc1cccc(-c2nc3cc(-c4ccccc4)cc(Br)c3o2)c1. The maximum Gasteiger partial charge on any atom is 0.227 e. The summed E-state index contributed by atoms with van der Waals surface area (Å²) in [4.78, 5) is 4.62. The lowest BCUT2D eigenvalue weighted by molar-refractivity contribution is 0.618. The van der Waals surface area contributed by atoms with Crippen LogP contribution in [0.15, 0.2) is 75.6 Å². The van der Waals surface area contributed by atoms with Gasteiger partial charge in [-0.15, -0.1) is 0 Å². The van der Waals surface area contributed by atoms with Gasteiger partial charge in [0.1, 0.15) is 5.52 Å². The van der Waals surface area contributed by atoms with Crippen LogP contribution in [0, 0.1) is 0 Å². The minimum atomic E-state index is 0.568. The Morgan fingerprint density at radius 1 is 0.826 bits per heavy atom. The normalized spacial score (nSPS) is 11.0. The topological polar surface area (TPSA) is 52.0 Å². The smallest absolute Gasteiger partial charge is 0.227 e. The Morgan fingerprint density at radius 3 is 2.39 bits per heavy atom. The van der Waals surface area contributed by atoms with Crippen LogP contribution in [0.3, 0.4) is 0 Å². The summed E-state index contributed by atoms with van der Waals surface area (Å²) in [5.74, 6) is 0.568. The molecule has 4 aromatic rings. The molecule has 0 aliphatic rings. The summed E-state index contributed by atoms with van der Waals surface area (Å²) >= 11 is 3.59. The summed E-state index contributed by atoms with van der Waals surface area (Å²) in [6.07, 6.45) is 0. The summed E-state index contributed by atoms with van der Waals surface area (Å²) in [6.45, 7) is 0. The van der Waals surface area contributed by atoms with Gasteiger partial charge in [0.25, 0.3) is 0 Å². The number of fused-ring (bicyclic) bond motifs is 1. The lowest BCUT2D eigenvalue weighted by Gasteiger charge is -2.02. The molecular formula is C19H13BrN2O. The third-order valence-electron chi connectivity index (χ3n) is 3.69. The van der Waals surface area contributed by atoms with Crippen LogP contribution in [-0.2, 0) is 0 Å². The van der Waals surface area contributed by atoms with E-state index in [2.05, 4.69) is 33.0 Å². The number of hydrogen-bond donors (Lipinski definition) is 1. The van der Waals surface area contributed by atoms with E-state index < -0.39 is 0 Å². The maximum absolute atomic E-state index is 5.92. The summed E-state index contributed by atoms with van der Waals surface area (Å²) < 4.78 is 6.80. The fourth-order valence-electron chi connectivity index (χ4n) is 2.58. The van der Waals surface area contributed by atoms with E-state index in [1.165, 1.54) is 0 Å². The molecule has 4 rings (SSSR count). The molecule has 3 nitrogen and oxygen atoms in total. The molecule has 0 aliphatic heterocycles. The lowest BCUT2D eigenvalue weighted by Crippen LogP contribution is -1.84. The Morgan fingerprint density at radius 2 is 1.61 bits per heavy atom. The van der Waals surface area contributed by atoms with Gasteiger partial charge in [-0.2, -0.15) is 0 Å². The fraction of sp³-hybridized carbons (Fsp3) is 0. The first-order valence-corrected chi connectivity index (χ1v) is 8.01. The first kappa shape index (κ1) is 14.0. The zero-order valence-corrected chi connectivity index (χ0v) is 13.7. The minimum absolute atomic E-state index is 0.568. The van der Waals surface area contributed by atoms with Crippen molar-refractivity contribution in [2.24, 2.45) is 0 Å². The largest absolute Gasteiger partial charge is 0.435 e. The van der Waals surface area contributed by atoms with Crippen molar-refractivity contribution in [3.8, 4) is 22.6 Å². The van der Waals surface area contributed by atoms with Crippen molar-refractivity contribution in [1.29, 1.82) is 0 Å². The number of nitrogen functional groups attached to an aromatic ring is 1. The number of aromatic nitrogens is 1. The predicted molar refractivity (Wildman–Crippen MR) is 97.0 cm³/mol. The number of nitrogens with two attached hydrogens (primary N) is 1. The predicted octanol–water partition coefficient (Wildman–Crippen LogP) is 5.51. The van der Waals surface area contributed by atoms with Gasteiger partial charge in [-0.3, -0.25) is 0 Å². The van der Waals surface area contributed by atoms with Crippen molar-refractivity contribution in [3.05, 3.63) is 71.2 Å². The molecule has 0 radical (unpaired) electrons. The Hall–Kier alpha value is -2.59. The van der Waals surface area contributed by atoms with Gasteiger partial charge >= 0.3 is 0 Å². The number of rotatable bonds is 2. The molecule has 23 heavy (non-hydrogen) atoms. The highest BCUT2D eigenvalue weighted by molar-refractivity contribution is 9.10. The molecule has 0 saturated carbocycles. The van der Waals surface area contributed by atoms with Gasteiger partial charge < -0.3 is 10.2 Å². The molecule has 1 aromatic heterocycles. The van der Waals surface area contributed by atoms with Crippen molar-refractivity contribution in [3.63, 3.8) is 0 Å². The van der Waals surface area contributed by atoms with Gasteiger partial charge in [0.15, 0.2) is 5.58 Å². The van der Waals surface area contributed by atoms with Crippen LogP contribution in [-0.4, -0.2) is 4.98 Å². The van der Waals surface area contributed by atoms with Crippen molar-refractivity contribution >= 4 is 32.7 Å². The van der Waals surface area contributed by atoms with Gasteiger partial charge in [0.2, 0.25) is 5.89 Å². The summed E-state index contributed by atoms with van der Waals surface area (Å²) in [5, 5.41) is 0. The van der Waals surface area contributed by atoms with Crippen LogP contribution in [0.2, 0.25) is 0 Å². The molecule has 0 saturated heterocycles. The first-order chi connectivity index (χ1) is 11.2. The number of anilines is 1. The van der Waals surface area contributed by atoms with Gasteiger partial charge in [0.05, 0.1) is 4.47 Å². The highest BCUT2D eigenvalue weighted by Crippen LogP contribution is 2.34. The van der Waals surface area contributed by atoms with E-state index in [9.17, 15) is 0 Å². The van der Waals surface area contributed by atoms with Crippen molar-refractivity contribution < 1.29 is 4.42 Å². The number of benzene rings is 3. The second-order valence-corrected chi connectivity index (χ2v) is 6.17. The number of halogens is 1. The molecule has 4 heteroatoms. The average molecular weight is 365 g/mol. The second-order valence-electron chi connectivity index (χ2n) is 5.32. The van der Waals surface area contributed by atoms with Crippen LogP contribution in [0.25, 0.3) is 33.7 Å². The van der Waals surface area contributed by atoms with Crippen LogP contribution in [0.1, 0.15) is 0 Å². The monoisotopic (exact) mass is 364 g/mol. The second kappa shape index (κ2) is 5.56. The number of nitrogens with zero attached hydrogens (tertiary/aromatic N) is 1. The molecule has 0 aliphatic carbocycles. The molecule has 0 unspecified atom stereocenters. The Kier molecular flexibility index (Phi) is 3.39. The van der Waals surface area contributed by atoms with Crippen molar-refractivity contribution in [1.82, 2.24) is 4.98 Å². The quantitative estimate of drug-likeness (QED) is 0.477. The standard InChI is InChI=1S/C19H13BrN2O/c20-16-10-14(12-5-2-1-3-6-12)11-17-18(16)23-19(22-17)13-7-4-8-15(21)9-13/h1-11H,21H2. The zero-order valence-electron chi connectivity index (χ0n) is 12.2. The van der Waals surface area contributed by atoms with Crippen LogP contribution in [0.4, 0.5) is 5.69 Å². The first-order valence-electron chi connectivity index (χ1n) is 7.22. The summed E-state index contributed by atoms with van der Waals surface area (Å²) in [7, 11) is 0. The van der Waals surface area contributed by atoms with Crippen LogP contribution < -0.4 is 5.73 Å². The minimum Gasteiger partial charge on any atom is -0.435 e. The molecule has 3 aromatic carbocycles. The van der Waals surface area contributed by atoms with Crippen molar-refractivity contribution in [2.75, 3.05) is 5.73 Å². The molecule has 0 fully saturated rings. The van der Waals surface area contributed by atoms with Gasteiger partial charge in [-0.05, 0) is 57.4 Å². The van der Waals surface area contributed by atoms with Crippen LogP contribution in [0.5, 0.6) is 0 Å². The molecule has 1 heterocycles. The van der Waals surface area contributed by atoms with E-state index >= 15 is 0 Å². The van der Waals surface area contributed by atoms with E-state index in [4.69, 9.17) is 10.2 Å². The maximum atomic E-state index is 5.92. The third-order valence-corrected chi connectivity index (χ3v) is 4.27. The molecule has 112 valence electrons. The Bertz CT molecular complexity index is 993. The van der Waals surface area contributed by atoms with E-state index in [1.807, 2.05) is 54.6 Å². The van der Waals surface area contributed by atoms with Gasteiger partial charge in [-0.1, -0.05) is 36.4 Å². The molecule has 0 amide bonds. The summed E-state index contributed by atoms with van der Waals surface area (Å²) in [6, 6.07) is 21.8. The average Bonchev–Trinajstić information content (AvgIpc) is 3.00. The third kappa shape index (κ3) is 2.62. The molecule has 2 N–H and O–H groups in total. The van der Waals surface area contributed by atoms with E-state index in [1.54, 1.807) is 0 Å². The van der Waals surface area contributed by atoms with Crippen molar-refractivity contribution in [2.45, 2.75) is 0 Å². The lowest BCUT2D eigenvalue weighted by atomic mass is 10.1. The number of hydrogen-bond acceptors (Lipinski definition) is 3. The van der Waals surface area contributed by atoms with Gasteiger partial charge in [-0.25, -0.2) is 4.98 Å². The van der Waals surface area contributed by atoms with Crippen LogP contribution >= 0.6 is 15.9 Å². The van der Waals surface area contributed by atoms with E-state index in [0.29, 0.717) is 11.6 Å². The Balaban J connectivity index is 1.87. The van der Waals surface area contributed by atoms with E-state index in [-0.39, 0.29) is 0 Å². The molecule has 0 atom stereocenters. The van der Waals surface area contributed by atoms with E-state index in [0.717, 1.165) is 32.3 Å². The number of oxazole rings is 1. The Labute approximate surface area is 141 Å². The van der Waals surface area contributed by atoms with Gasteiger partial charge in [0, 0.05) is 11.3 Å². The molecule has 0 bridgehead atoms. The fourth-order valence-corrected chi connectivity index (χ4v) is 3.12. The highest BCUT2D eigenvalue weighted by atomic mass is 79.9. The molecule has 0 spiro atoms. The molecular weight excluding hydrogens is 352 g/mol.